The van der Waals surface area contributed by atoms with Crippen molar-refractivity contribution < 1.29 is 4.79 Å². The highest BCUT2D eigenvalue weighted by molar-refractivity contribution is 9.10. The highest BCUT2D eigenvalue weighted by Gasteiger charge is 2.10. The van der Waals surface area contributed by atoms with E-state index in [-0.39, 0.29) is 11.0 Å². The summed E-state index contributed by atoms with van der Waals surface area (Å²) in [5.74, 6) is -0.242. The summed E-state index contributed by atoms with van der Waals surface area (Å²) in [6, 6.07) is 12.7. The number of halogens is 2. The summed E-state index contributed by atoms with van der Waals surface area (Å²) in [6.45, 7) is 1.87. The number of hydrogen-bond donors (Lipinski definition) is 2. The average molecular weight is 384 g/mol. The van der Waals surface area contributed by atoms with Gasteiger partial charge in [-0.15, -0.1) is 0 Å². The van der Waals surface area contributed by atoms with Crippen LogP contribution in [0.1, 0.15) is 15.9 Å². The number of thiocarbonyl (C=S) groups is 1. The minimum Gasteiger partial charge on any atom is -0.332 e. The van der Waals surface area contributed by atoms with Gasteiger partial charge in [-0.3, -0.25) is 10.1 Å². The van der Waals surface area contributed by atoms with Gasteiger partial charge in [0, 0.05) is 15.7 Å². The Morgan fingerprint density at radius 1 is 1.24 bits per heavy atom. The molecular formula is C15H12BrClN2OS. The van der Waals surface area contributed by atoms with E-state index in [2.05, 4.69) is 26.6 Å². The molecule has 3 nitrogen and oxygen atoms in total. The van der Waals surface area contributed by atoms with E-state index in [0.717, 1.165) is 10.0 Å². The molecule has 0 heterocycles. The zero-order valence-corrected chi connectivity index (χ0v) is 14.3. The standard InChI is InChI=1S/C15H12BrClN2OS/c1-9-4-2-3-5-11(9)14(20)19-15(21)18-10-6-7-12(16)13(17)8-10/h2-8H,1H3,(H2,18,19,20,21). The van der Waals surface area contributed by atoms with Crippen LogP contribution in [-0.2, 0) is 0 Å². The minimum atomic E-state index is -0.242. The molecule has 0 aromatic heterocycles. The monoisotopic (exact) mass is 382 g/mol. The van der Waals surface area contributed by atoms with Gasteiger partial charge in [-0.05, 0) is 64.9 Å². The van der Waals surface area contributed by atoms with Crippen LogP contribution in [0.2, 0.25) is 5.02 Å². The maximum Gasteiger partial charge on any atom is 0.257 e. The van der Waals surface area contributed by atoms with Crippen LogP contribution < -0.4 is 10.6 Å². The SMILES string of the molecule is Cc1ccccc1C(=O)NC(=S)Nc1ccc(Br)c(Cl)c1. The Morgan fingerprint density at radius 3 is 2.62 bits per heavy atom. The van der Waals surface area contributed by atoms with Crippen molar-refractivity contribution in [3.05, 3.63) is 63.1 Å². The molecule has 0 saturated carbocycles. The lowest BCUT2D eigenvalue weighted by molar-refractivity contribution is 0.0977. The molecule has 0 bridgehead atoms. The third-order valence-corrected chi connectivity index (χ3v) is 4.23. The van der Waals surface area contributed by atoms with Crippen molar-refractivity contribution in [2.75, 3.05) is 5.32 Å². The minimum absolute atomic E-state index is 0.224. The van der Waals surface area contributed by atoms with Gasteiger partial charge in [-0.1, -0.05) is 29.8 Å². The first kappa shape index (κ1) is 15.9. The van der Waals surface area contributed by atoms with E-state index >= 15 is 0 Å². The van der Waals surface area contributed by atoms with Crippen molar-refractivity contribution in [1.29, 1.82) is 0 Å². The first-order valence-corrected chi connectivity index (χ1v) is 7.68. The molecule has 0 radical (unpaired) electrons. The summed E-state index contributed by atoms with van der Waals surface area (Å²) in [5.41, 5.74) is 2.19. The van der Waals surface area contributed by atoms with E-state index in [4.69, 9.17) is 23.8 Å². The molecule has 2 aromatic rings. The Hall–Kier alpha value is -1.43. The molecular weight excluding hydrogens is 372 g/mol. The van der Waals surface area contributed by atoms with Gasteiger partial charge in [0.05, 0.1) is 5.02 Å². The third-order valence-electron chi connectivity index (χ3n) is 2.79. The number of carbonyl (C=O) groups is 1. The molecule has 0 unspecified atom stereocenters. The predicted molar refractivity (Wildman–Crippen MR) is 94.0 cm³/mol. The second-order valence-corrected chi connectivity index (χ2v) is 6.02. The molecule has 0 saturated heterocycles. The lowest BCUT2D eigenvalue weighted by atomic mass is 10.1. The molecule has 0 fully saturated rings. The number of amides is 1. The van der Waals surface area contributed by atoms with Crippen LogP contribution in [0.4, 0.5) is 5.69 Å². The smallest absolute Gasteiger partial charge is 0.257 e. The lowest BCUT2D eigenvalue weighted by Crippen LogP contribution is -2.34. The van der Waals surface area contributed by atoms with Crippen LogP contribution in [0, 0.1) is 6.92 Å². The van der Waals surface area contributed by atoms with E-state index < -0.39 is 0 Å². The van der Waals surface area contributed by atoms with Crippen LogP contribution in [-0.4, -0.2) is 11.0 Å². The summed E-state index contributed by atoms with van der Waals surface area (Å²) in [6.07, 6.45) is 0. The largest absolute Gasteiger partial charge is 0.332 e. The molecule has 0 aliphatic heterocycles. The van der Waals surface area contributed by atoms with Crippen molar-refractivity contribution in [1.82, 2.24) is 5.32 Å². The van der Waals surface area contributed by atoms with Gasteiger partial charge in [0.15, 0.2) is 5.11 Å². The number of carbonyl (C=O) groups excluding carboxylic acids is 1. The Balaban J connectivity index is 2.03. The maximum absolute atomic E-state index is 12.1. The Bertz CT molecular complexity index is 706. The average Bonchev–Trinajstić information content (AvgIpc) is 2.43. The van der Waals surface area contributed by atoms with Crippen molar-refractivity contribution >= 4 is 56.5 Å². The third kappa shape index (κ3) is 4.27. The first-order valence-electron chi connectivity index (χ1n) is 6.10. The summed E-state index contributed by atoms with van der Waals surface area (Å²) < 4.78 is 0.796. The van der Waals surface area contributed by atoms with Crippen LogP contribution in [0.25, 0.3) is 0 Å². The van der Waals surface area contributed by atoms with Crippen LogP contribution in [0.3, 0.4) is 0 Å². The normalized spacial score (nSPS) is 10.0. The molecule has 6 heteroatoms. The van der Waals surface area contributed by atoms with Gasteiger partial charge in [0.25, 0.3) is 5.91 Å². The number of aryl methyl sites for hydroxylation is 1. The molecule has 0 atom stereocenters. The van der Waals surface area contributed by atoms with Gasteiger partial charge in [0.2, 0.25) is 0 Å². The van der Waals surface area contributed by atoms with E-state index in [1.165, 1.54) is 0 Å². The molecule has 1 amide bonds. The van der Waals surface area contributed by atoms with Gasteiger partial charge >= 0.3 is 0 Å². The fourth-order valence-corrected chi connectivity index (χ4v) is 2.37. The summed E-state index contributed by atoms with van der Waals surface area (Å²) >= 11 is 14.4. The Morgan fingerprint density at radius 2 is 1.95 bits per heavy atom. The predicted octanol–water partition coefficient (Wildman–Crippen LogP) is 4.54. The molecule has 21 heavy (non-hydrogen) atoms. The zero-order chi connectivity index (χ0) is 15.4. The number of anilines is 1. The van der Waals surface area contributed by atoms with Crippen molar-refractivity contribution in [3.63, 3.8) is 0 Å². The van der Waals surface area contributed by atoms with Gasteiger partial charge in [-0.25, -0.2) is 0 Å². The van der Waals surface area contributed by atoms with Crippen LogP contribution >= 0.6 is 39.7 Å². The number of hydrogen-bond acceptors (Lipinski definition) is 2. The van der Waals surface area contributed by atoms with E-state index in [1.807, 2.05) is 31.2 Å². The summed E-state index contributed by atoms with van der Waals surface area (Å²) in [5, 5.41) is 6.36. The number of benzene rings is 2. The number of nitrogens with one attached hydrogen (secondary N) is 2. The van der Waals surface area contributed by atoms with Crippen molar-refractivity contribution in [3.8, 4) is 0 Å². The molecule has 0 spiro atoms. The number of rotatable bonds is 2. The molecule has 108 valence electrons. The van der Waals surface area contributed by atoms with Crippen LogP contribution in [0.5, 0.6) is 0 Å². The first-order chi connectivity index (χ1) is 9.97. The topological polar surface area (TPSA) is 41.1 Å². The van der Waals surface area contributed by atoms with E-state index in [0.29, 0.717) is 16.3 Å². The van der Waals surface area contributed by atoms with E-state index in [1.54, 1.807) is 18.2 Å². The second kappa shape index (κ2) is 7.02. The zero-order valence-electron chi connectivity index (χ0n) is 11.1. The molecule has 0 aliphatic rings. The summed E-state index contributed by atoms with van der Waals surface area (Å²) in [7, 11) is 0. The van der Waals surface area contributed by atoms with Crippen molar-refractivity contribution in [2.45, 2.75) is 6.92 Å². The van der Waals surface area contributed by atoms with Gasteiger partial charge in [-0.2, -0.15) is 0 Å². The van der Waals surface area contributed by atoms with Gasteiger partial charge in [0.1, 0.15) is 0 Å². The highest BCUT2D eigenvalue weighted by atomic mass is 79.9. The van der Waals surface area contributed by atoms with Gasteiger partial charge < -0.3 is 5.32 Å². The lowest BCUT2D eigenvalue weighted by Gasteiger charge is -2.11. The fourth-order valence-electron chi connectivity index (χ4n) is 1.73. The Kier molecular flexibility index (Phi) is 5.33. The molecule has 2 aromatic carbocycles. The van der Waals surface area contributed by atoms with E-state index in [9.17, 15) is 4.79 Å². The molecule has 2 rings (SSSR count). The van der Waals surface area contributed by atoms with Crippen LogP contribution in [0.15, 0.2) is 46.9 Å². The quantitative estimate of drug-likeness (QED) is 0.748. The summed E-state index contributed by atoms with van der Waals surface area (Å²) in [4.78, 5) is 12.1. The maximum atomic E-state index is 12.1. The fraction of sp³-hybridized carbons (Fsp3) is 0.0667. The second-order valence-electron chi connectivity index (χ2n) is 4.35. The van der Waals surface area contributed by atoms with Crippen molar-refractivity contribution in [2.24, 2.45) is 0 Å². The Labute approximate surface area is 141 Å². The molecule has 0 aliphatic carbocycles. The molecule has 2 N–H and O–H groups in total. The highest BCUT2D eigenvalue weighted by Crippen LogP contribution is 2.25.